The summed E-state index contributed by atoms with van der Waals surface area (Å²) < 4.78 is 34.0. The van der Waals surface area contributed by atoms with E-state index in [2.05, 4.69) is 20.2 Å². The molecule has 12 nitrogen and oxygen atoms in total. The molecule has 0 spiro atoms. The Balaban J connectivity index is 0.000000201. The van der Waals surface area contributed by atoms with Gasteiger partial charge in [-0.3, -0.25) is 0 Å². The Kier molecular flexibility index (Phi) is 7.89. The summed E-state index contributed by atoms with van der Waals surface area (Å²) in [6.07, 6.45) is 4.39. The number of nitrogens with two attached hydrogens (primary N) is 2. The zero-order valence-corrected chi connectivity index (χ0v) is 19.2. The lowest BCUT2D eigenvalue weighted by Gasteiger charge is -2.04. The van der Waals surface area contributed by atoms with Crippen molar-refractivity contribution in [3.8, 4) is 11.6 Å². The number of carbonyl (C=O) groups excluding carboxylic acids is 1. The molecular formula is C22H22F2N8O4. The van der Waals surface area contributed by atoms with Crippen molar-refractivity contribution in [1.82, 2.24) is 29.5 Å². The van der Waals surface area contributed by atoms with Crippen molar-refractivity contribution >= 4 is 23.6 Å². The Bertz CT molecular complexity index is 1400. The van der Waals surface area contributed by atoms with Crippen LogP contribution < -0.4 is 11.5 Å². The highest BCUT2D eigenvalue weighted by molar-refractivity contribution is 5.95. The molecule has 0 aromatic carbocycles. The maximum absolute atomic E-state index is 13.6. The molecule has 4 aromatic heterocycles. The number of carboxylic acids is 1. The number of rotatable bonds is 6. The van der Waals surface area contributed by atoms with E-state index in [1.807, 2.05) is 0 Å². The first-order valence-electron chi connectivity index (χ1n) is 10.5. The molecule has 0 bridgehead atoms. The SMILES string of the molecule is CCOC(=O)c1cnn(-c2ncccc2F)c1N.CCc1nn(-c2ncccc2F)c(N)c1C(=O)O. The molecule has 0 aliphatic carbocycles. The van der Waals surface area contributed by atoms with E-state index in [4.69, 9.17) is 21.3 Å². The average molecular weight is 500 g/mol. The molecular weight excluding hydrogens is 478 g/mol. The standard InChI is InChI=1S/2C11H11FN4O2/c1-2-18-11(17)7-6-15-16(9(7)13)10-8(12)4-3-5-14-10;1-2-7-8(11(17)18)9(13)16(15-7)10-6(12)4-3-5-14-10/h3-6H,2,13H2,1H3;3-5H,2,13H2,1H3,(H,17,18). The molecule has 0 amide bonds. The summed E-state index contributed by atoms with van der Waals surface area (Å²) >= 11 is 0. The number of carbonyl (C=O) groups is 2. The van der Waals surface area contributed by atoms with Crippen LogP contribution in [0.1, 0.15) is 40.3 Å². The van der Waals surface area contributed by atoms with Crippen molar-refractivity contribution in [3.05, 3.63) is 71.3 Å². The minimum absolute atomic E-state index is 0.00829. The second-order valence-electron chi connectivity index (χ2n) is 6.97. The predicted molar refractivity (Wildman–Crippen MR) is 124 cm³/mol. The Morgan fingerprint density at radius 1 is 1.00 bits per heavy atom. The third-order valence-electron chi connectivity index (χ3n) is 4.72. The van der Waals surface area contributed by atoms with Gasteiger partial charge >= 0.3 is 11.9 Å². The number of hydrogen-bond donors (Lipinski definition) is 3. The number of esters is 1. The highest BCUT2D eigenvalue weighted by Gasteiger charge is 2.23. The number of hydrogen-bond acceptors (Lipinski definition) is 9. The fourth-order valence-corrected chi connectivity index (χ4v) is 3.08. The van der Waals surface area contributed by atoms with Gasteiger partial charge in [0.2, 0.25) is 0 Å². The van der Waals surface area contributed by atoms with E-state index in [9.17, 15) is 18.4 Å². The zero-order chi connectivity index (χ0) is 26.4. The van der Waals surface area contributed by atoms with Gasteiger partial charge < -0.3 is 21.3 Å². The number of halogens is 2. The molecule has 4 rings (SSSR count). The molecule has 36 heavy (non-hydrogen) atoms. The minimum Gasteiger partial charge on any atom is -0.477 e. The first-order valence-corrected chi connectivity index (χ1v) is 10.5. The van der Waals surface area contributed by atoms with E-state index < -0.39 is 23.6 Å². The largest absolute Gasteiger partial charge is 0.477 e. The fraction of sp³-hybridized carbons (Fsp3) is 0.182. The predicted octanol–water partition coefficient (Wildman–Crippen LogP) is 2.41. The van der Waals surface area contributed by atoms with Gasteiger partial charge in [0.25, 0.3) is 0 Å². The number of carboxylic acid groups (broad SMARTS) is 1. The number of aryl methyl sites for hydroxylation is 1. The molecule has 4 aromatic rings. The lowest BCUT2D eigenvalue weighted by Crippen LogP contribution is -2.10. The van der Waals surface area contributed by atoms with Gasteiger partial charge in [-0.1, -0.05) is 6.92 Å². The van der Waals surface area contributed by atoms with Crippen LogP contribution in [0, 0.1) is 11.6 Å². The summed E-state index contributed by atoms with van der Waals surface area (Å²) in [6.45, 7) is 3.64. The Morgan fingerprint density at radius 2 is 1.58 bits per heavy atom. The van der Waals surface area contributed by atoms with E-state index in [0.717, 1.165) is 9.36 Å². The topological polar surface area (TPSA) is 177 Å². The van der Waals surface area contributed by atoms with Gasteiger partial charge in [-0.05, 0) is 37.6 Å². The highest BCUT2D eigenvalue weighted by Crippen LogP contribution is 2.22. The number of aromatic carboxylic acids is 1. The maximum atomic E-state index is 13.6. The van der Waals surface area contributed by atoms with E-state index in [-0.39, 0.29) is 41.0 Å². The first-order chi connectivity index (χ1) is 17.2. The lowest BCUT2D eigenvalue weighted by atomic mass is 10.2. The van der Waals surface area contributed by atoms with Crippen molar-refractivity contribution in [3.63, 3.8) is 0 Å². The van der Waals surface area contributed by atoms with E-state index in [0.29, 0.717) is 12.1 Å². The van der Waals surface area contributed by atoms with Crippen LogP contribution in [0.2, 0.25) is 0 Å². The number of ether oxygens (including phenoxy) is 1. The molecule has 0 aliphatic heterocycles. The summed E-state index contributed by atoms with van der Waals surface area (Å²) in [6, 6.07) is 5.31. The molecule has 0 saturated heterocycles. The van der Waals surface area contributed by atoms with Gasteiger partial charge in [0.1, 0.15) is 22.8 Å². The number of anilines is 2. The molecule has 14 heteroatoms. The van der Waals surface area contributed by atoms with Crippen LogP contribution in [0.3, 0.4) is 0 Å². The number of nitrogen functional groups attached to an aromatic ring is 2. The zero-order valence-electron chi connectivity index (χ0n) is 19.2. The van der Waals surface area contributed by atoms with Crippen LogP contribution >= 0.6 is 0 Å². The Morgan fingerprint density at radius 3 is 2.06 bits per heavy atom. The normalized spacial score (nSPS) is 10.4. The van der Waals surface area contributed by atoms with Crippen LogP contribution in [0.4, 0.5) is 20.4 Å². The summed E-state index contributed by atoms with van der Waals surface area (Å²) in [5.41, 5.74) is 11.7. The molecule has 0 unspecified atom stereocenters. The van der Waals surface area contributed by atoms with Gasteiger partial charge in [0.15, 0.2) is 23.3 Å². The van der Waals surface area contributed by atoms with Gasteiger partial charge in [0, 0.05) is 12.4 Å². The first kappa shape index (κ1) is 25.7. The third-order valence-corrected chi connectivity index (χ3v) is 4.72. The second kappa shape index (κ2) is 11.0. The number of pyridine rings is 2. The van der Waals surface area contributed by atoms with Crippen LogP contribution in [0.15, 0.2) is 42.9 Å². The van der Waals surface area contributed by atoms with Gasteiger partial charge in [0.05, 0.1) is 18.5 Å². The summed E-state index contributed by atoms with van der Waals surface area (Å²) in [4.78, 5) is 30.2. The minimum atomic E-state index is -1.19. The Labute approximate surface area is 203 Å². The summed E-state index contributed by atoms with van der Waals surface area (Å²) in [7, 11) is 0. The van der Waals surface area contributed by atoms with Gasteiger partial charge in [-0.15, -0.1) is 0 Å². The van der Waals surface area contributed by atoms with Crippen molar-refractivity contribution in [2.45, 2.75) is 20.3 Å². The molecule has 5 N–H and O–H groups in total. The van der Waals surface area contributed by atoms with Crippen molar-refractivity contribution in [2.24, 2.45) is 0 Å². The van der Waals surface area contributed by atoms with Crippen molar-refractivity contribution < 1.29 is 28.2 Å². The quantitative estimate of drug-likeness (QED) is 0.333. The van der Waals surface area contributed by atoms with Crippen molar-refractivity contribution in [2.75, 3.05) is 18.1 Å². The smallest absolute Gasteiger partial charge is 0.343 e. The molecule has 0 radical (unpaired) electrons. The monoisotopic (exact) mass is 500 g/mol. The number of nitrogens with zero attached hydrogens (tertiary/aromatic N) is 6. The molecule has 0 fully saturated rings. The fourth-order valence-electron chi connectivity index (χ4n) is 3.08. The summed E-state index contributed by atoms with van der Waals surface area (Å²) in [5.74, 6) is -3.30. The maximum Gasteiger partial charge on any atom is 0.343 e. The van der Waals surface area contributed by atoms with Crippen LogP contribution in [-0.4, -0.2) is 53.2 Å². The Hall–Kier alpha value is -4.88. The molecule has 4 heterocycles. The van der Waals surface area contributed by atoms with Gasteiger partial charge in [-0.2, -0.15) is 19.6 Å². The molecule has 0 atom stereocenters. The average Bonchev–Trinajstić information content (AvgIpc) is 3.40. The van der Waals surface area contributed by atoms with Crippen LogP contribution in [0.25, 0.3) is 11.6 Å². The van der Waals surface area contributed by atoms with Crippen LogP contribution in [-0.2, 0) is 11.2 Å². The molecule has 188 valence electrons. The summed E-state index contributed by atoms with van der Waals surface area (Å²) in [5, 5.41) is 16.9. The van der Waals surface area contributed by atoms with Crippen molar-refractivity contribution in [1.29, 1.82) is 0 Å². The number of aromatic nitrogens is 6. The third kappa shape index (κ3) is 5.11. The van der Waals surface area contributed by atoms with Gasteiger partial charge in [-0.25, -0.2) is 28.3 Å². The highest BCUT2D eigenvalue weighted by atomic mass is 19.1. The van der Waals surface area contributed by atoms with E-state index >= 15 is 0 Å². The second-order valence-corrected chi connectivity index (χ2v) is 6.97. The van der Waals surface area contributed by atoms with E-state index in [1.165, 1.54) is 42.9 Å². The lowest BCUT2D eigenvalue weighted by molar-refractivity contribution is 0.0527. The molecule has 0 saturated carbocycles. The molecule has 0 aliphatic rings. The van der Waals surface area contributed by atoms with Crippen LogP contribution in [0.5, 0.6) is 0 Å². The van der Waals surface area contributed by atoms with E-state index in [1.54, 1.807) is 13.8 Å².